The first-order valence-corrected chi connectivity index (χ1v) is 8.34. The summed E-state index contributed by atoms with van der Waals surface area (Å²) in [6.07, 6.45) is -3.55. The Labute approximate surface area is 106 Å². The molecule has 0 unspecified atom stereocenters. The highest BCUT2D eigenvalue weighted by atomic mass is 35.9. The van der Waals surface area contributed by atoms with Crippen molar-refractivity contribution in [2.24, 2.45) is 0 Å². The lowest BCUT2D eigenvalue weighted by atomic mass is 9.94. The fourth-order valence-corrected chi connectivity index (χ4v) is 2.61. The fourth-order valence-electron chi connectivity index (χ4n) is 1.71. The van der Waals surface area contributed by atoms with E-state index in [1.807, 2.05) is 27.7 Å². The highest BCUT2D eigenvalue weighted by molar-refractivity contribution is 8.05. The molecule has 2 nitrogen and oxygen atoms in total. The van der Waals surface area contributed by atoms with Crippen LogP contribution in [0.3, 0.4) is 0 Å². The molecule has 0 saturated heterocycles. The molecule has 0 amide bonds. The van der Waals surface area contributed by atoms with Crippen molar-refractivity contribution in [3.63, 3.8) is 0 Å². The van der Waals surface area contributed by atoms with Gasteiger partial charge in [-0.05, 0) is 62.4 Å². The van der Waals surface area contributed by atoms with E-state index in [1.54, 1.807) is 0 Å². The van der Waals surface area contributed by atoms with E-state index in [0.717, 1.165) is 22.3 Å². The van der Waals surface area contributed by atoms with Crippen LogP contribution in [0, 0.1) is 34.6 Å². The topological polar surface area (TPSA) is 26.3 Å². The van der Waals surface area contributed by atoms with E-state index in [0.29, 0.717) is 5.75 Å². The van der Waals surface area contributed by atoms with Crippen molar-refractivity contribution in [1.82, 2.24) is 0 Å². The Morgan fingerprint density at radius 1 is 0.812 bits per heavy atom. The summed E-state index contributed by atoms with van der Waals surface area (Å²) in [5.41, 5.74) is 5.30. The summed E-state index contributed by atoms with van der Waals surface area (Å²) in [7, 11) is 0. The fraction of sp³-hybridized carbons (Fsp3) is 0.455. The van der Waals surface area contributed by atoms with Crippen molar-refractivity contribution in [2.75, 3.05) is 0 Å². The van der Waals surface area contributed by atoms with Crippen LogP contribution >= 0.6 is 28.6 Å². The maximum Gasteiger partial charge on any atom is 0.428 e. The molecule has 1 aromatic carbocycles. The van der Waals surface area contributed by atoms with Crippen molar-refractivity contribution in [3.8, 4) is 5.75 Å². The Morgan fingerprint density at radius 2 is 1.12 bits per heavy atom. The van der Waals surface area contributed by atoms with Gasteiger partial charge >= 0.3 is 6.07 Å². The van der Waals surface area contributed by atoms with Crippen LogP contribution in [0.2, 0.25) is 0 Å². The molecule has 0 aliphatic rings. The van der Waals surface area contributed by atoms with Gasteiger partial charge in [-0.15, -0.1) is 0 Å². The summed E-state index contributed by atoms with van der Waals surface area (Å²) in [5.74, 6) is 0.536. The van der Waals surface area contributed by atoms with Crippen LogP contribution in [0.25, 0.3) is 0 Å². The maximum absolute atomic E-state index is 11.3. The molecule has 0 atom stereocenters. The van der Waals surface area contributed by atoms with Gasteiger partial charge in [-0.1, -0.05) is 0 Å². The SMILES string of the molecule is Cc1c(C)c(C)c(OP(=O)(Cl)Cl)c(C)c1C. The average Bonchev–Trinajstić information content (AvgIpc) is 2.17. The first-order chi connectivity index (χ1) is 7.15. The first-order valence-electron chi connectivity index (χ1n) is 4.91. The largest absolute Gasteiger partial charge is 0.428 e. The molecule has 0 aliphatic heterocycles. The van der Waals surface area contributed by atoms with Crippen molar-refractivity contribution < 1.29 is 9.09 Å². The minimum atomic E-state index is -3.55. The van der Waals surface area contributed by atoms with E-state index >= 15 is 0 Å². The summed E-state index contributed by atoms with van der Waals surface area (Å²) < 4.78 is 16.5. The molecule has 0 aromatic heterocycles. The second-order valence-corrected chi connectivity index (χ2v) is 8.16. The van der Waals surface area contributed by atoms with Gasteiger partial charge < -0.3 is 4.52 Å². The zero-order chi connectivity index (χ0) is 12.7. The molecule has 0 saturated carbocycles. The Bertz CT molecular complexity index is 448. The third kappa shape index (κ3) is 2.74. The number of rotatable bonds is 2. The molecule has 0 heterocycles. The van der Waals surface area contributed by atoms with Gasteiger partial charge in [0.05, 0.1) is 0 Å². The molecule has 16 heavy (non-hydrogen) atoms. The van der Waals surface area contributed by atoms with Gasteiger partial charge in [-0.25, -0.2) is 4.57 Å². The van der Waals surface area contributed by atoms with Crippen LogP contribution in [0.5, 0.6) is 5.75 Å². The Kier molecular flexibility index (Phi) is 3.99. The van der Waals surface area contributed by atoms with Crippen LogP contribution < -0.4 is 4.52 Å². The zero-order valence-corrected chi connectivity index (χ0v) is 12.4. The summed E-state index contributed by atoms with van der Waals surface area (Å²) in [6.45, 7) is 9.87. The van der Waals surface area contributed by atoms with Crippen molar-refractivity contribution >= 4 is 28.6 Å². The van der Waals surface area contributed by atoms with Gasteiger partial charge in [0.15, 0.2) is 0 Å². The van der Waals surface area contributed by atoms with Crippen molar-refractivity contribution in [2.45, 2.75) is 34.6 Å². The standard InChI is InChI=1S/C11H15Cl2O2P/c1-6-7(2)9(4)11(10(5)8(6)3)15-16(12,13)14/h1-5H3. The van der Waals surface area contributed by atoms with Crippen LogP contribution in [0.1, 0.15) is 27.8 Å². The quantitative estimate of drug-likeness (QED) is 0.697. The minimum absolute atomic E-state index is 0.536. The monoisotopic (exact) mass is 280 g/mol. The predicted molar refractivity (Wildman–Crippen MR) is 70.1 cm³/mol. The predicted octanol–water partition coefficient (Wildman–Crippen LogP) is 5.19. The lowest BCUT2D eigenvalue weighted by molar-refractivity contribution is 0.508. The van der Waals surface area contributed by atoms with E-state index < -0.39 is 6.07 Å². The molecule has 1 aromatic rings. The average molecular weight is 281 g/mol. The molecular weight excluding hydrogens is 266 g/mol. The Morgan fingerprint density at radius 3 is 1.44 bits per heavy atom. The zero-order valence-electron chi connectivity index (χ0n) is 10.0. The molecule has 0 radical (unpaired) electrons. The second-order valence-electron chi connectivity index (χ2n) is 3.96. The third-order valence-corrected chi connectivity index (χ3v) is 3.94. The van der Waals surface area contributed by atoms with E-state index in [-0.39, 0.29) is 0 Å². The maximum atomic E-state index is 11.3. The molecular formula is C11H15Cl2O2P. The Hall–Kier alpha value is -0.170. The second kappa shape index (κ2) is 4.60. The molecule has 5 heteroatoms. The highest BCUT2D eigenvalue weighted by Gasteiger charge is 2.21. The van der Waals surface area contributed by atoms with E-state index in [4.69, 9.17) is 27.0 Å². The number of hydrogen-bond acceptors (Lipinski definition) is 2. The van der Waals surface area contributed by atoms with Gasteiger partial charge in [0.2, 0.25) is 0 Å². The molecule has 0 spiro atoms. The number of halogens is 2. The van der Waals surface area contributed by atoms with Crippen LogP contribution in [-0.2, 0) is 4.57 Å². The normalized spacial score (nSPS) is 11.7. The smallest absolute Gasteiger partial charge is 0.422 e. The first kappa shape index (κ1) is 13.9. The van der Waals surface area contributed by atoms with E-state index in [1.165, 1.54) is 5.56 Å². The van der Waals surface area contributed by atoms with Crippen molar-refractivity contribution in [1.29, 1.82) is 0 Å². The van der Waals surface area contributed by atoms with Crippen LogP contribution in [0.15, 0.2) is 0 Å². The molecule has 0 fully saturated rings. The molecule has 1 rings (SSSR count). The molecule has 0 bridgehead atoms. The van der Waals surface area contributed by atoms with Crippen molar-refractivity contribution in [3.05, 3.63) is 27.8 Å². The van der Waals surface area contributed by atoms with E-state index in [9.17, 15) is 4.57 Å². The van der Waals surface area contributed by atoms with Gasteiger partial charge in [-0.2, -0.15) is 0 Å². The Balaban J connectivity index is 3.46. The van der Waals surface area contributed by atoms with Crippen LogP contribution in [-0.4, -0.2) is 0 Å². The van der Waals surface area contributed by atoms with Gasteiger partial charge in [-0.3, -0.25) is 0 Å². The minimum Gasteiger partial charge on any atom is -0.422 e. The third-order valence-electron chi connectivity index (χ3n) is 3.13. The van der Waals surface area contributed by atoms with Crippen LogP contribution in [0.4, 0.5) is 0 Å². The molecule has 0 aliphatic carbocycles. The van der Waals surface area contributed by atoms with Gasteiger partial charge in [0.25, 0.3) is 0 Å². The summed E-state index contributed by atoms with van der Waals surface area (Å²) in [5, 5.41) is 0. The molecule has 90 valence electrons. The summed E-state index contributed by atoms with van der Waals surface area (Å²) >= 11 is 10.9. The summed E-state index contributed by atoms with van der Waals surface area (Å²) in [4.78, 5) is 0. The van der Waals surface area contributed by atoms with Gasteiger partial charge in [0.1, 0.15) is 5.75 Å². The summed E-state index contributed by atoms with van der Waals surface area (Å²) in [6, 6.07) is 0. The lowest BCUT2D eigenvalue weighted by Gasteiger charge is -2.18. The highest BCUT2D eigenvalue weighted by Crippen LogP contribution is 2.58. The van der Waals surface area contributed by atoms with E-state index in [2.05, 4.69) is 6.92 Å². The lowest BCUT2D eigenvalue weighted by Crippen LogP contribution is -1.99. The van der Waals surface area contributed by atoms with Gasteiger partial charge in [0, 0.05) is 22.5 Å². The number of benzene rings is 1. The number of hydrogen-bond donors (Lipinski definition) is 0. The molecule has 0 N–H and O–H groups in total.